The van der Waals surface area contributed by atoms with E-state index in [2.05, 4.69) is 11.1 Å². The van der Waals surface area contributed by atoms with Crippen molar-refractivity contribution in [2.45, 2.75) is 6.92 Å². The molecule has 0 amide bonds. The van der Waals surface area contributed by atoms with Crippen LogP contribution in [0.5, 0.6) is 5.95 Å². The van der Waals surface area contributed by atoms with Crippen LogP contribution in [0.1, 0.15) is 16.3 Å². The maximum absolute atomic E-state index is 9.40. The summed E-state index contributed by atoms with van der Waals surface area (Å²) in [4.78, 5) is 4.56. The molecule has 4 nitrogen and oxygen atoms in total. The molecule has 0 unspecified atom stereocenters. The number of ether oxygens (including phenoxy) is 1. The molecule has 0 fully saturated rings. The molecule has 3 aromatic rings. The third-order valence-electron chi connectivity index (χ3n) is 3.29. The fourth-order valence-corrected chi connectivity index (χ4v) is 2.85. The first-order valence-corrected chi connectivity index (χ1v) is 7.86. The number of aryl methyl sites for hydroxylation is 1. The van der Waals surface area contributed by atoms with Gasteiger partial charge in [0.25, 0.3) is 5.95 Å². The molecule has 0 saturated carbocycles. The molecule has 0 atom stereocenters. The number of methoxy groups -OCH3 is 1. The van der Waals surface area contributed by atoms with Gasteiger partial charge in [-0.2, -0.15) is 5.26 Å². The second-order valence-corrected chi connectivity index (χ2v) is 5.79. The summed E-state index contributed by atoms with van der Waals surface area (Å²) in [5.41, 5.74) is 3.57. The largest absolute Gasteiger partial charge is 0.468 e. The minimum absolute atomic E-state index is 0.410. The predicted molar refractivity (Wildman–Crippen MR) is 91.0 cm³/mol. The highest BCUT2D eigenvalue weighted by Gasteiger charge is 2.10. The molecule has 1 aromatic carbocycles. The van der Waals surface area contributed by atoms with Crippen LogP contribution < -0.4 is 4.74 Å². The summed E-state index contributed by atoms with van der Waals surface area (Å²) in [6, 6.07) is 13.8. The van der Waals surface area contributed by atoms with Gasteiger partial charge in [-0.1, -0.05) is 29.8 Å². The third-order valence-corrected chi connectivity index (χ3v) is 4.17. The topological polar surface area (TPSA) is 59.0 Å². The molecule has 0 spiro atoms. The quantitative estimate of drug-likeness (QED) is 0.648. The van der Waals surface area contributed by atoms with Gasteiger partial charge < -0.3 is 9.15 Å². The molecule has 0 bridgehead atoms. The Morgan fingerprint density at radius 1 is 1.26 bits per heavy atom. The first-order valence-electron chi connectivity index (χ1n) is 6.98. The van der Waals surface area contributed by atoms with E-state index in [0.717, 1.165) is 11.3 Å². The Kier molecular flexibility index (Phi) is 4.26. The minimum atomic E-state index is 0.410. The zero-order chi connectivity index (χ0) is 16.2. The Bertz CT molecular complexity index is 882. The number of thiazole rings is 1. The van der Waals surface area contributed by atoms with E-state index in [4.69, 9.17) is 9.15 Å². The van der Waals surface area contributed by atoms with Gasteiger partial charge in [0.2, 0.25) is 0 Å². The standard InChI is InChI=1S/C18H14N2O2S/c1-12-3-5-13(6-4-12)16-11-23-18(20-16)14(10-19)9-15-7-8-17(21-2)22-15/h3-9,11H,1-2H3. The van der Waals surface area contributed by atoms with E-state index < -0.39 is 0 Å². The van der Waals surface area contributed by atoms with Gasteiger partial charge in [-0.15, -0.1) is 11.3 Å². The molecule has 3 rings (SSSR count). The van der Waals surface area contributed by atoms with Gasteiger partial charge in [-0.25, -0.2) is 4.98 Å². The summed E-state index contributed by atoms with van der Waals surface area (Å²) < 4.78 is 10.4. The summed E-state index contributed by atoms with van der Waals surface area (Å²) in [6.07, 6.45) is 1.67. The average Bonchev–Trinajstić information content (AvgIpc) is 3.22. The molecule has 5 heteroatoms. The highest BCUT2D eigenvalue weighted by molar-refractivity contribution is 7.11. The normalized spacial score (nSPS) is 11.3. The van der Waals surface area contributed by atoms with Crippen molar-refractivity contribution >= 4 is 23.0 Å². The summed E-state index contributed by atoms with van der Waals surface area (Å²) in [7, 11) is 1.53. The number of hydrogen-bond donors (Lipinski definition) is 0. The van der Waals surface area contributed by atoms with E-state index in [0.29, 0.717) is 22.3 Å². The van der Waals surface area contributed by atoms with Crippen LogP contribution in [0.25, 0.3) is 22.9 Å². The zero-order valence-electron chi connectivity index (χ0n) is 12.7. The number of hydrogen-bond acceptors (Lipinski definition) is 5. The maximum Gasteiger partial charge on any atom is 0.284 e. The predicted octanol–water partition coefficient (Wildman–Crippen LogP) is 4.78. The van der Waals surface area contributed by atoms with E-state index in [-0.39, 0.29) is 0 Å². The molecule has 2 aromatic heterocycles. The lowest BCUT2D eigenvalue weighted by molar-refractivity contribution is 0.303. The number of nitriles is 1. The molecule has 0 N–H and O–H groups in total. The van der Waals surface area contributed by atoms with Gasteiger partial charge >= 0.3 is 0 Å². The van der Waals surface area contributed by atoms with Crippen LogP contribution in [-0.4, -0.2) is 12.1 Å². The molecular formula is C18H14N2O2S. The van der Waals surface area contributed by atoms with Crippen molar-refractivity contribution in [3.8, 4) is 23.3 Å². The van der Waals surface area contributed by atoms with Crippen LogP contribution in [0, 0.1) is 18.3 Å². The lowest BCUT2D eigenvalue weighted by Gasteiger charge is -1.97. The van der Waals surface area contributed by atoms with Crippen LogP contribution in [-0.2, 0) is 0 Å². The van der Waals surface area contributed by atoms with Crippen LogP contribution in [0.4, 0.5) is 0 Å². The Balaban J connectivity index is 1.91. The average molecular weight is 322 g/mol. The molecule has 2 heterocycles. The molecule has 0 aliphatic carbocycles. The second-order valence-electron chi connectivity index (χ2n) is 4.93. The second kappa shape index (κ2) is 6.51. The van der Waals surface area contributed by atoms with Crippen LogP contribution in [0.2, 0.25) is 0 Å². The van der Waals surface area contributed by atoms with Gasteiger partial charge in [-0.05, 0) is 13.0 Å². The smallest absolute Gasteiger partial charge is 0.284 e. The Hall–Kier alpha value is -2.84. The van der Waals surface area contributed by atoms with Crippen molar-refractivity contribution in [1.82, 2.24) is 4.98 Å². The lowest BCUT2D eigenvalue weighted by atomic mass is 10.1. The molecule has 0 saturated heterocycles. The molecular weight excluding hydrogens is 308 g/mol. The number of furan rings is 1. The van der Waals surface area contributed by atoms with E-state index >= 15 is 0 Å². The van der Waals surface area contributed by atoms with E-state index in [1.165, 1.54) is 24.0 Å². The maximum atomic E-state index is 9.40. The Labute approximate surface area is 138 Å². The number of nitrogens with zero attached hydrogens (tertiary/aromatic N) is 2. The fourth-order valence-electron chi connectivity index (χ4n) is 2.06. The molecule has 0 radical (unpaired) electrons. The monoisotopic (exact) mass is 322 g/mol. The number of benzene rings is 1. The van der Waals surface area contributed by atoms with E-state index in [1.807, 2.05) is 36.6 Å². The van der Waals surface area contributed by atoms with Crippen molar-refractivity contribution in [2.24, 2.45) is 0 Å². The molecule has 114 valence electrons. The van der Waals surface area contributed by atoms with Gasteiger partial charge in [-0.3, -0.25) is 0 Å². The van der Waals surface area contributed by atoms with E-state index in [1.54, 1.807) is 18.2 Å². The lowest BCUT2D eigenvalue weighted by Crippen LogP contribution is -1.82. The van der Waals surface area contributed by atoms with Crippen LogP contribution >= 0.6 is 11.3 Å². The van der Waals surface area contributed by atoms with Gasteiger partial charge in [0, 0.05) is 23.1 Å². The third kappa shape index (κ3) is 3.33. The van der Waals surface area contributed by atoms with E-state index in [9.17, 15) is 5.26 Å². The highest BCUT2D eigenvalue weighted by Crippen LogP contribution is 2.28. The van der Waals surface area contributed by atoms with Crippen molar-refractivity contribution in [1.29, 1.82) is 5.26 Å². The summed E-state index contributed by atoms with van der Waals surface area (Å²) in [5.74, 6) is 0.971. The number of rotatable bonds is 4. The molecule has 0 aliphatic heterocycles. The van der Waals surface area contributed by atoms with Crippen molar-refractivity contribution in [3.05, 3.63) is 58.1 Å². The van der Waals surface area contributed by atoms with Crippen LogP contribution in [0.15, 0.2) is 46.2 Å². The Morgan fingerprint density at radius 2 is 2.04 bits per heavy atom. The summed E-state index contributed by atoms with van der Waals surface area (Å²) >= 11 is 1.44. The number of allylic oxidation sites excluding steroid dienone is 1. The molecule has 0 aliphatic rings. The van der Waals surface area contributed by atoms with Gasteiger partial charge in [0.05, 0.1) is 18.4 Å². The van der Waals surface area contributed by atoms with Crippen molar-refractivity contribution < 1.29 is 9.15 Å². The minimum Gasteiger partial charge on any atom is -0.468 e. The first-order chi connectivity index (χ1) is 11.2. The Morgan fingerprint density at radius 3 is 2.70 bits per heavy atom. The number of aromatic nitrogens is 1. The highest BCUT2D eigenvalue weighted by atomic mass is 32.1. The SMILES string of the molecule is COc1ccc(C=C(C#N)c2nc(-c3ccc(C)cc3)cs2)o1. The van der Waals surface area contributed by atoms with Crippen LogP contribution in [0.3, 0.4) is 0 Å². The summed E-state index contributed by atoms with van der Waals surface area (Å²) in [5, 5.41) is 12.0. The van der Waals surface area contributed by atoms with Crippen molar-refractivity contribution in [2.75, 3.05) is 7.11 Å². The van der Waals surface area contributed by atoms with Gasteiger partial charge in [0.1, 0.15) is 16.8 Å². The molecule has 23 heavy (non-hydrogen) atoms. The summed E-state index contributed by atoms with van der Waals surface area (Å²) in [6.45, 7) is 2.05. The first kappa shape index (κ1) is 15.1. The fraction of sp³-hybridized carbons (Fsp3) is 0.111. The zero-order valence-corrected chi connectivity index (χ0v) is 13.6. The van der Waals surface area contributed by atoms with Crippen molar-refractivity contribution in [3.63, 3.8) is 0 Å². The van der Waals surface area contributed by atoms with Gasteiger partial charge in [0.15, 0.2) is 0 Å².